The summed E-state index contributed by atoms with van der Waals surface area (Å²) in [5, 5.41) is 0.123. The Morgan fingerprint density at radius 1 is 1.80 bits per heavy atom. The van der Waals surface area contributed by atoms with Crippen LogP contribution in [0.25, 0.3) is 0 Å². The highest BCUT2D eigenvalue weighted by molar-refractivity contribution is 7.99. The summed E-state index contributed by atoms with van der Waals surface area (Å²) >= 11 is 1.72. The van der Waals surface area contributed by atoms with Gasteiger partial charge in [0.1, 0.15) is 0 Å². The van der Waals surface area contributed by atoms with Crippen molar-refractivity contribution in [2.75, 3.05) is 18.8 Å². The molecular weight excluding hydrogens is 148 g/mol. The molecule has 1 unspecified atom stereocenters. The summed E-state index contributed by atoms with van der Waals surface area (Å²) in [4.78, 5) is 12.6. The predicted molar refractivity (Wildman–Crippen MR) is 42.7 cm³/mol. The molecule has 0 bridgehead atoms. The molecule has 1 aliphatic rings. The molecule has 1 heterocycles. The maximum atomic E-state index is 10.8. The zero-order valence-corrected chi connectivity index (χ0v) is 6.86. The fourth-order valence-corrected chi connectivity index (χ4v) is 1.88. The summed E-state index contributed by atoms with van der Waals surface area (Å²) in [6.07, 6.45) is 0. The second-order valence-corrected chi connectivity index (χ2v) is 3.72. The lowest BCUT2D eigenvalue weighted by atomic mass is 10.4. The average molecular weight is 160 g/mol. The molecule has 1 amide bonds. The fourth-order valence-electron chi connectivity index (χ4n) is 0.961. The van der Waals surface area contributed by atoms with Crippen molar-refractivity contribution in [3.05, 3.63) is 0 Å². The third-order valence-corrected chi connectivity index (χ3v) is 2.53. The van der Waals surface area contributed by atoms with E-state index in [2.05, 4.69) is 0 Å². The molecule has 0 radical (unpaired) electrons. The fraction of sp³-hybridized carbons (Fsp3) is 0.833. The zero-order valence-electron chi connectivity index (χ0n) is 6.04. The lowest BCUT2D eigenvalue weighted by Gasteiger charge is -2.29. The van der Waals surface area contributed by atoms with Crippen molar-refractivity contribution in [2.45, 2.75) is 12.3 Å². The van der Waals surface area contributed by atoms with Crippen LogP contribution in [-0.4, -0.2) is 35.0 Å². The van der Waals surface area contributed by atoms with Crippen LogP contribution in [0.15, 0.2) is 0 Å². The van der Waals surface area contributed by atoms with Gasteiger partial charge in [0.25, 0.3) is 0 Å². The van der Waals surface area contributed by atoms with Gasteiger partial charge in [0, 0.05) is 25.8 Å². The monoisotopic (exact) mass is 160 g/mol. The van der Waals surface area contributed by atoms with E-state index >= 15 is 0 Å². The van der Waals surface area contributed by atoms with E-state index in [0.29, 0.717) is 6.54 Å². The summed E-state index contributed by atoms with van der Waals surface area (Å²) in [5.41, 5.74) is 5.63. The van der Waals surface area contributed by atoms with E-state index in [0.717, 1.165) is 12.3 Å². The summed E-state index contributed by atoms with van der Waals surface area (Å²) in [6.45, 7) is 3.15. The molecule has 0 aromatic rings. The van der Waals surface area contributed by atoms with Crippen molar-refractivity contribution in [2.24, 2.45) is 5.73 Å². The Morgan fingerprint density at radius 3 is 2.90 bits per heavy atom. The number of hydrogen-bond donors (Lipinski definition) is 1. The molecule has 3 nitrogen and oxygen atoms in total. The second-order valence-electron chi connectivity index (χ2n) is 2.37. The van der Waals surface area contributed by atoms with Crippen LogP contribution in [0.2, 0.25) is 0 Å². The van der Waals surface area contributed by atoms with Crippen LogP contribution in [-0.2, 0) is 4.79 Å². The number of hydrogen-bond acceptors (Lipinski definition) is 3. The van der Waals surface area contributed by atoms with E-state index in [-0.39, 0.29) is 11.3 Å². The number of nitrogens with zero attached hydrogens (tertiary/aromatic N) is 1. The van der Waals surface area contributed by atoms with Crippen LogP contribution in [0.4, 0.5) is 0 Å². The first-order valence-electron chi connectivity index (χ1n) is 3.33. The van der Waals surface area contributed by atoms with Crippen molar-refractivity contribution in [1.29, 1.82) is 0 Å². The highest BCUT2D eigenvalue weighted by atomic mass is 32.2. The minimum Gasteiger partial charge on any atom is -0.340 e. The van der Waals surface area contributed by atoms with Gasteiger partial charge in [0.15, 0.2) is 0 Å². The van der Waals surface area contributed by atoms with E-state index in [9.17, 15) is 4.79 Å². The first-order chi connectivity index (χ1) is 4.70. The molecule has 0 aliphatic carbocycles. The van der Waals surface area contributed by atoms with Crippen molar-refractivity contribution >= 4 is 17.7 Å². The van der Waals surface area contributed by atoms with Crippen molar-refractivity contribution in [1.82, 2.24) is 4.90 Å². The number of rotatable bonds is 0. The van der Waals surface area contributed by atoms with Crippen molar-refractivity contribution in [3.8, 4) is 0 Å². The highest BCUT2D eigenvalue weighted by Crippen LogP contribution is 2.13. The van der Waals surface area contributed by atoms with Gasteiger partial charge in [-0.05, 0) is 0 Å². The molecule has 58 valence electrons. The van der Waals surface area contributed by atoms with Crippen LogP contribution in [0.3, 0.4) is 0 Å². The minimum absolute atomic E-state index is 0.123. The Kier molecular flexibility index (Phi) is 2.56. The first kappa shape index (κ1) is 7.88. The summed E-state index contributed by atoms with van der Waals surface area (Å²) < 4.78 is 0. The number of thioether (sulfide) groups is 1. The predicted octanol–water partition coefficient (Wildman–Crippen LogP) is -0.133. The molecular formula is C6H12N2OS. The van der Waals surface area contributed by atoms with Crippen LogP contribution >= 0.6 is 11.8 Å². The van der Waals surface area contributed by atoms with Gasteiger partial charge in [-0.15, -0.1) is 11.8 Å². The van der Waals surface area contributed by atoms with E-state index in [4.69, 9.17) is 5.73 Å². The SMILES string of the molecule is CC(=O)N1CCSC(N)C1. The largest absolute Gasteiger partial charge is 0.340 e. The van der Waals surface area contributed by atoms with Gasteiger partial charge in [0.2, 0.25) is 5.91 Å². The topological polar surface area (TPSA) is 46.3 Å². The quantitative estimate of drug-likeness (QED) is 0.537. The smallest absolute Gasteiger partial charge is 0.219 e. The molecule has 1 aliphatic heterocycles. The number of nitrogens with two attached hydrogens (primary N) is 1. The van der Waals surface area contributed by atoms with Gasteiger partial charge < -0.3 is 10.6 Å². The average Bonchev–Trinajstić information content (AvgIpc) is 1.88. The van der Waals surface area contributed by atoms with Gasteiger partial charge >= 0.3 is 0 Å². The highest BCUT2D eigenvalue weighted by Gasteiger charge is 2.18. The molecule has 0 aromatic carbocycles. The Balaban J connectivity index is 2.39. The molecule has 0 spiro atoms. The molecule has 10 heavy (non-hydrogen) atoms. The van der Waals surface area contributed by atoms with Gasteiger partial charge in [-0.1, -0.05) is 0 Å². The van der Waals surface area contributed by atoms with Gasteiger partial charge in [-0.25, -0.2) is 0 Å². The second kappa shape index (κ2) is 3.25. The molecule has 1 atom stereocenters. The molecule has 4 heteroatoms. The maximum absolute atomic E-state index is 10.8. The molecule has 1 saturated heterocycles. The summed E-state index contributed by atoms with van der Waals surface area (Å²) in [5.74, 6) is 1.11. The molecule has 1 fully saturated rings. The lowest BCUT2D eigenvalue weighted by molar-refractivity contribution is -0.128. The first-order valence-corrected chi connectivity index (χ1v) is 4.37. The molecule has 2 N–H and O–H groups in total. The maximum Gasteiger partial charge on any atom is 0.219 e. The Hall–Kier alpha value is -0.220. The third kappa shape index (κ3) is 1.88. The van der Waals surface area contributed by atoms with Gasteiger partial charge in [-0.2, -0.15) is 0 Å². The van der Waals surface area contributed by atoms with Gasteiger partial charge in [0.05, 0.1) is 5.37 Å². The standard InChI is InChI=1S/C6H12N2OS/c1-5(9)8-2-3-10-6(7)4-8/h6H,2-4,7H2,1H3. The Morgan fingerprint density at radius 2 is 2.50 bits per heavy atom. The van der Waals surface area contributed by atoms with Crippen molar-refractivity contribution in [3.63, 3.8) is 0 Å². The zero-order chi connectivity index (χ0) is 7.56. The number of carbonyl (C=O) groups is 1. The lowest BCUT2D eigenvalue weighted by Crippen LogP contribution is -2.43. The van der Waals surface area contributed by atoms with E-state index in [1.54, 1.807) is 23.6 Å². The Bertz CT molecular complexity index is 140. The molecule has 0 aromatic heterocycles. The van der Waals surface area contributed by atoms with Crippen LogP contribution in [0.1, 0.15) is 6.92 Å². The van der Waals surface area contributed by atoms with E-state index in [1.165, 1.54) is 0 Å². The van der Waals surface area contributed by atoms with Crippen LogP contribution in [0.5, 0.6) is 0 Å². The van der Waals surface area contributed by atoms with E-state index < -0.39 is 0 Å². The third-order valence-electron chi connectivity index (χ3n) is 1.54. The minimum atomic E-state index is 0.123. The summed E-state index contributed by atoms with van der Waals surface area (Å²) in [6, 6.07) is 0. The normalized spacial score (nSPS) is 26.6. The van der Waals surface area contributed by atoms with Gasteiger partial charge in [-0.3, -0.25) is 4.79 Å². The molecule has 1 rings (SSSR count). The number of amides is 1. The summed E-state index contributed by atoms with van der Waals surface area (Å²) in [7, 11) is 0. The number of carbonyl (C=O) groups excluding carboxylic acids is 1. The van der Waals surface area contributed by atoms with Crippen LogP contribution < -0.4 is 5.73 Å². The van der Waals surface area contributed by atoms with Crippen molar-refractivity contribution < 1.29 is 4.79 Å². The Labute approximate surface area is 64.9 Å². The molecule has 0 saturated carbocycles. The van der Waals surface area contributed by atoms with E-state index in [1.807, 2.05) is 0 Å². The van der Waals surface area contributed by atoms with Crippen LogP contribution in [0, 0.1) is 0 Å².